The highest BCUT2D eigenvalue weighted by molar-refractivity contribution is 7.17. The van der Waals surface area contributed by atoms with Crippen LogP contribution in [0.25, 0.3) is 10.1 Å². The van der Waals surface area contributed by atoms with E-state index >= 15 is 0 Å². The fourth-order valence-corrected chi connectivity index (χ4v) is 2.32. The molecule has 3 nitrogen and oxygen atoms in total. The van der Waals surface area contributed by atoms with Crippen LogP contribution in [0.15, 0.2) is 28.5 Å². The summed E-state index contributed by atoms with van der Waals surface area (Å²) in [6.45, 7) is 2.60. The first kappa shape index (κ1) is 10.4. The molecular weight excluding hydrogens is 210 g/mol. The van der Waals surface area contributed by atoms with E-state index < -0.39 is 0 Å². The number of fused-ring (bicyclic) bond motifs is 1. The number of aromatic nitrogens is 1. The number of nitrogens with zero attached hydrogens (tertiary/aromatic N) is 1. The van der Waals surface area contributed by atoms with Crippen molar-refractivity contribution in [1.82, 2.24) is 4.57 Å². The number of rotatable bonds is 3. The van der Waals surface area contributed by atoms with Gasteiger partial charge in [0, 0.05) is 24.0 Å². The summed E-state index contributed by atoms with van der Waals surface area (Å²) >= 11 is 1.57. The Hall–Kier alpha value is -1.13. The van der Waals surface area contributed by atoms with Crippen LogP contribution < -0.4 is 5.56 Å². The molecule has 0 aliphatic carbocycles. The van der Waals surface area contributed by atoms with E-state index in [1.807, 2.05) is 24.4 Å². The van der Waals surface area contributed by atoms with Crippen LogP contribution in [0, 0.1) is 5.92 Å². The standard InChI is InChI=1S/C11H13NO2S/c1-8(7-13)6-12-4-2-10-9(11(12)14)3-5-15-10/h2-5,8,13H,6-7H2,1H3. The van der Waals surface area contributed by atoms with Crippen molar-refractivity contribution in [2.45, 2.75) is 13.5 Å². The van der Waals surface area contributed by atoms with E-state index in [4.69, 9.17) is 5.11 Å². The highest BCUT2D eigenvalue weighted by atomic mass is 32.1. The van der Waals surface area contributed by atoms with Crippen molar-refractivity contribution >= 4 is 21.4 Å². The largest absolute Gasteiger partial charge is 0.396 e. The van der Waals surface area contributed by atoms with E-state index in [9.17, 15) is 4.79 Å². The maximum Gasteiger partial charge on any atom is 0.259 e. The highest BCUT2D eigenvalue weighted by Gasteiger charge is 2.06. The minimum Gasteiger partial charge on any atom is -0.396 e. The minimum absolute atomic E-state index is 0.0362. The molecule has 0 amide bonds. The summed E-state index contributed by atoms with van der Waals surface area (Å²) in [7, 11) is 0. The van der Waals surface area contributed by atoms with Gasteiger partial charge in [-0.3, -0.25) is 4.79 Å². The van der Waals surface area contributed by atoms with Crippen LogP contribution in [0.2, 0.25) is 0 Å². The molecule has 0 aliphatic heterocycles. The van der Waals surface area contributed by atoms with Gasteiger partial charge in [-0.15, -0.1) is 11.3 Å². The molecule has 0 saturated heterocycles. The normalized spacial score (nSPS) is 13.2. The van der Waals surface area contributed by atoms with Gasteiger partial charge in [-0.05, 0) is 23.4 Å². The summed E-state index contributed by atoms with van der Waals surface area (Å²) in [6, 6.07) is 3.80. The molecule has 0 radical (unpaired) electrons. The second-order valence-corrected chi connectivity index (χ2v) is 4.71. The maximum atomic E-state index is 11.9. The highest BCUT2D eigenvalue weighted by Crippen LogP contribution is 2.16. The molecule has 0 saturated carbocycles. The van der Waals surface area contributed by atoms with E-state index in [1.165, 1.54) is 0 Å². The third-order valence-corrected chi connectivity index (χ3v) is 3.29. The Balaban J connectivity index is 2.44. The quantitative estimate of drug-likeness (QED) is 0.860. The molecule has 2 aromatic heterocycles. The first-order chi connectivity index (χ1) is 7.22. The van der Waals surface area contributed by atoms with E-state index in [0.29, 0.717) is 6.54 Å². The third-order valence-electron chi connectivity index (χ3n) is 2.41. The molecule has 0 bridgehead atoms. The molecule has 80 valence electrons. The van der Waals surface area contributed by atoms with Crippen molar-refractivity contribution in [3.8, 4) is 0 Å². The van der Waals surface area contributed by atoms with Crippen molar-refractivity contribution in [3.05, 3.63) is 34.1 Å². The molecule has 15 heavy (non-hydrogen) atoms. The van der Waals surface area contributed by atoms with Gasteiger partial charge in [-0.1, -0.05) is 6.92 Å². The van der Waals surface area contributed by atoms with Crippen molar-refractivity contribution in [3.63, 3.8) is 0 Å². The Labute approximate surface area is 91.6 Å². The van der Waals surface area contributed by atoms with Gasteiger partial charge >= 0.3 is 0 Å². The zero-order valence-corrected chi connectivity index (χ0v) is 9.33. The minimum atomic E-state index is 0.0362. The smallest absolute Gasteiger partial charge is 0.259 e. The molecule has 1 atom stereocenters. The van der Waals surface area contributed by atoms with Gasteiger partial charge in [-0.25, -0.2) is 0 Å². The Kier molecular flexibility index (Phi) is 2.88. The Bertz CT molecular complexity index is 515. The average Bonchev–Trinajstić information content (AvgIpc) is 2.70. The molecule has 1 unspecified atom stereocenters. The van der Waals surface area contributed by atoms with Crippen LogP contribution in [-0.4, -0.2) is 16.3 Å². The first-order valence-corrected chi connectivity index (χ1v) is 5.78. The zero-order valence-electron chi connectivity index (χ0n) is 8.51. The van der Waals surface area contributed by atoms with Crippen molar-refractivity contribution in [2.75, 3.05) is 6.61 Å². The molecule has 0 aromatic carbocycles. The summed E-state index contributed by atoms with van der Waals surface area (Å²) in [5.74, 6) is 0.110. The lowest BCUT2D eigenvalue weighted by atomic mass is 10.2. The molecule has 0 spiro atoms. The predicted octanol–water partition coefficient (Wildman–Crippen LogP) is 1.69. The van der Waals surface area contributed by atoms with Crippen molar-refractivity contribution in [1.29, 1.82) is 0 Å². The van der Waals surface area contributed by atoms with E-state index in [0.717, 1.165) is 10.1 Å². The lowest BCUT2D eigenvalue weighted by Crippen LogP contribution is -2.23. The summed E-state index contributed by atoms with van der Waals surface area (Å²) in [4.78, 5) is 11.9. The average molecular weight is 223 g/mol. The van der Waals surface area contributed by atoms with Gasteiger partial charge in [0.25, 0.3) is 5.56 Å². The number of pyridine rings is 1. The van der Waals surface area contributed by atoms with Crippen LogP contribution in [-0.2, 0) is 6.54 Å². The first-order valence-electron chi connectivity index (χ1n) is 4.90. The number of hydrogen-bond acceptors (Lipinski definition) is 3. The lowest BCUT2D eigenvalue weighted by Gasteiger charge is -2.10. The van der Waals surface area contributed by atoms with Gasteiger partial charge in [0.05, 0.1) is 5.39 Å². The fraction of sp³-hybridized carbons (Fsp3) is 0.364. The summed E-state index contributed by atoms with van der Waals surface area (Å²) in [5.41, 5.74) is 0.0362. The monoisotopic (exact) mass is 223 g/mol. The van der Waals surface area contributed by atoms with E-state index in [-0.39, 0.29) is 18.1 Å². The number of aliphatic hydroxyl groups is 1. The van der Waals surface area contributed by atoms with Gasteiger partial charge in [0.1, 0.15) is 0 Å². The molecular formula is C11H13NO2S. The molecule has 0 aliphatic rings. The predicted molar refractivity (Wildman–Crippen MR) is 62.3 cm³/mol. The number of aliphatic hydroxyl groups excluding tert-OH is 1. The summed E-state index contributed by atoms with van der Waals surface area (Å²) in [5, 5.41) is 11.6. The molecule has 2 rings (SSSR count). The van der Waals surface area contributed by atoms with Gasteiger partial charge in [-0.2, -0.15) is 0 Å². The van der Waals surface area contributed by atoms with Crippen molar-refractivity contribution in [2.24, 2.45) is 5.92 Å². The Morgan fingerprint density at radius 3 is 3.07 bits per heavy atom. The molecule has 0 fully saturated rings. The maximum absolute atomic E-state index is 11.9. The lowest BCUT2D eigenvalue weighted by molar-refractivity contribution is 0.222. The number of thiophene rings is 1. The van der Waals surface area contributed by atoms with Crippen LogP contribution in [0.3, 0.4) is 0 Å². The zero-order chi connectivity index (χ0) is 10.8. The van der Waals surface area contributed by atoms with Crippen LogP contribution in [0.4, 0.5) is 0 Å². The van der Waals surface area contributed by atoms with Gasteiger partial charge < -0.3 is 9.67 Å². The third kappa shape index (κ3) is 1.96. The van der Waals surface area contributed by atoms with Crippen LogP contribution in [0.5, 0.6) is 0 Å². The molecule has 1 N–H and O–H groups in total. The SMILES string of the molecule is CC(CO)Cn1ccc2sccc2c1=O. The van der Waals surface area contributed by atoms with Crippen LogP contribution >= 0.6 is 11.3 Å². The Morgan fingerprint density at radius 1 is 1.53 bits per heavy atom. The second kappa shape index (κ2) is 4.16. The van der Waals surface area contributed by atoms with E-state index in [2.05, 4.69) is 0 Å². The van der Waals surface area contributed by atoms with Crippen molar-refractivity contribution < 1.29 is 5.11 Å². The summed E-state index contributed by atoms with van der Waals surface area (Å²) in [6.07, 6.45) is 1.80. The second-order valence-electron chi connectivity index (χ2n) is 3.76. The molecule has 2 aromatic rings. The number of hydrogen-bond donors (Lipinski definition) is 1. The van der Waals surface area contributed by atoms with Gasteiger partial charge in [0.15, 0.2) is 0 Å². The topological polar surface area (TPSA) is 42.2 Å². The fourth-order valence-electron chi connectivity index (χ4n) is 1.54. The van der Waals surface area contributed by atoms with E-state index in [1.54, 1.807) is 22.1 Å². The van der Waals surface area contributed by atoms with Gasteiger partial charge in [0.2, 0.25) is 0 Å². The Morgan fingerprint density at radius 2 is 2.33 bits per heavy atom. The summed E-state index contributed by atoms with van der Waals surface area (Å²) < 4.78 is 2.68. The molecule has 4 heteroatoms. The van der Waals surface area contributed by atoms with Crippen LogP contribution in [0.1, 0.15) is 6.92 Å². The molecule has 2 heterocycles.